The first-order chi connectivity index (χ1) is 28.9. The van der Waals surface area contributed by atoms with Crippen LogP contribution in [0.1, 0.15) is 39.4 Å². The van der Waals surface area contributed by atoms with Gasteiger partial charge in [-0.05, 0) is 24.0 Å². The Morgan fingerprint density at radius 1 is 0.932 bits per heavy atom. The van der Waals surface area contributed by atoms with Gasteiger partial charge in [0.2, 0.25) is 5.82 Å². The molecule has 2 amide bonds. The van der Waals surface area contributed by atoms with Gasteiger partial charge in [-0.1, -0.05) is 52.9 Å². The predicted molar refractivity (Wildman–Crippen MR) is 222 cm³/mol. The molecule has 0 saturated carbocycles. The lowest BCUT2D eigenvalue weighted by molar-refractivity contribution is -0.126. The molecule has 314 valence electrons. The van der Waals surface area contributed by atoms with Gasteiger partial charge in [0.05, 0.1) is 105 Å². The second-order valence-electron chi connectivity index (χ2n) is 13.7. The van der Waals surface area contributed by atoms with E-state index >= 15 is 0 Å². The Kier molecular flexibility index (Phi) is 16.3. The van der Waals surface area contributed by atoms with E-state index in [1.165, 1.54) is 35.4 Å². The first kappa shape index (κ1) is 43.8. The van der Waals surface area contributed by atoms with Crippen molar-refractivity contribution in [3.8, 4) is 17.6 Å². The highest BCUT2D eigenvalue weighted by molar-refractivity contribution is 14.1. The Balaban J connectivity index is 1.03. The largest absolute Gasteiger partial charge is 0.494 e. The fourth-order valence-corrected chi connectivity index (χ4v) is 7.41. The lowest BCUT2D eigenvalue weighted by Crippen LogP contribution is -2.56. The molecule has 5 heterocycles. The topological polar surface area (TPSA) is 210 Å². The molecule has 2 aliphatic heterocycles. The number of fused-ring (bicyclic) bond motifs is 1. The second kappa shape index (κ2) is 22.0. The molecular weight excluding hydrogens is 877 g/mol. The number of carbonyl (C=O) groups is 3. The Labute approximate surface area is 355 Å². The van der Waals surface area contributed by atoms with Crippen molar-refractivity contribution in [3.63, 3.8) is 0 Å². The van der Waals surface area contributed by atoms with Gasteiger partial charge in [-0.2, -0.15) is 9.94 Å². The predicted octanol–water partition coefficient (Wildman–Crippen LogP) is 2.51. The summed E-state index contributed by atoms with van der Waals surface area (Å²) in [5.74, 6) is -1.34. The number of hydrogen-bond acceptors (Lipinski definition) is 14. The Morgan fingerprint density at radius 3 is 2.29 bits per heavy atom. The summed E-state index contributed by atoms with van der Waals surface area (Å²) < 4.78 is 29.4. The molecule has 6 rings (SSSR count). The number of halogens is 1. The van der Waals surface area contributed by atoms with E-state index in [4.69, 9.17) is 23.7 Å². The number of aromatic amines is 1. The lowest BCUT2D eigenvalue weighted by atomic mass is 9.93. The molecule has 0 spiro atoms. The summed E-state index contributed by atoms with van der Waals surface area (Å²) in [6.07, 6.45) is 5.17. The number of hydrogen-bond donors (Lipinski definition) is 2. The smallest absolute Gasteiger partial charge is 0.295 e. The van der Waals surface area contributed by atoms with Crippen LogP contribution in [0, 0.1) is 11.3 Å². The maximum atomic E-state index is 13.8. The van der Waals surface area contributed by atoms with Crippen LogP contribution >= 0.6 is 22.6 Å². The van der Waals surface area contributed by atoms with Crippen LogP contribution in [-0.4, -0.2) is 172 Å². The maximum Gasteiger partial charge on any atom is 0.295 e. The number of amides is 2. The van der Waals surface area contributed by atoms with Crippen LogP contribution in [0.2, 0.25) is 0 Å². The molecule has 4 aromatic rings. The molecule has 18 nitrogen and oxygen atoms in total. The third-order valence-corrected chi connectivity index (χ3v) is 10.7. The summed E-state index contributed by atoms with van der Waals surface area (Å²) >= 11 is 2.14. The number of nitrogens with one attached hydrogen (secondary N) is 1. The van der Waals surface area contributed by atoms with Crippen molar-refractivity contribution in [3.05, 3.63) is 71.6 Å². The van der Waals surface area contributed by atoms with E-state index in [1.54, 1.807) is 4.90 Å². The number of nitrogens with zero attached hydrogens (tertiary/aromatic N) is 8. The van der Waals surface area contributed by atoms with E-state index in [2.05, 4.69) is 53.6 Å². The van der Waals surface area contributed by atoms with Gasteiger partial charge in [0.25, 0.3) is 17.6 Å². The maximum absolute atomic E-state index is 13.8. The van der Waals surface area contributed by atoms with Crippen molar-refractivity contribution >= 4 is 56.7 Å². The van der Waals surface area contributed by atoms with Gasteiger partial charge in [0.1, 0.15) is 12.1 Å². The number of pyridine rings is 1. The summed E-state index contributed by atoms with van der Waals surface area (Å²) in [6, 6.07) is 11.4. The van der Waals surface area contributed by atoms with E-state index in [1.807, 2.05) is 30.3 Å². The second-order valence-corrected chi connectivity index (χ2v) is 14.3. The zero-order valence-electron chi connectivity index (χ0n) is 32.9. The summed E-state index contributed by atoms with van der Waals surface area (Å²) in [5.41, 5.74) is 2.84. The van der Waals surface area contributed by atoms with Crippen molar-refractivity contribution < 1.29 is 43.2 Å². The molecule has 2 fully saturated rings. The molecule has 0 aliphatic carbocycles. The number of H-pyrrole nitrogens is 1. The van der Waals surface area contributed by atoms with Crippen LogP contribution in [0.5, 0.6) is 5.75 Å². The van der Waals surface area contributed by atoms with E-state index in [0.29, 0.717) is 113 Å². The molecule has 2 aliphatic rings. The Morgan fingerprint density at radius 2 is 1.63 bits per heavy atom. The minimum absolute atomic E-state index is 0.0630. The average Bonchev–Trinajstić information content (AvgIpc) is 3.96. The number of alkyl halides is 1. The molecule has 3 aromatic heterocycles. The lowest BCUT2D eigenvalue weighted by Gasteiger charge is -2.40. The number of Topliss-reactive ketones (excluding diaryl/α,β-unsaturated/α-hetero) is 1. The first-order valence-electron chi connectivity index (χ1n) is 19.4. The third kappa shape index (κ3) is 10.9. The standard InChI is InChI=1S/C40H48IN9O9/c1-55-33-23-44-38(35-34(33)32(22-43-35)36(52)39(53)48-9-7-29(8-10-48)31(21-42)28-5-3-2-4-6-28)50-27-45-37(46-50)40(54)49-12-11-47(30(24-49)25-51)13-14-56-15-16-57-17-18-58-19-20-59-26-41/h2-6,22-23,27,30,43,51H,7-20,24-26H2,1H3. The van der Waals surface area contributed by atoms with Crippen molar-refractivity contribution in [2.45, 2.75) is 18.9 Å². The van der Waals surface area contributed by atoms with Gasteiger partial charge in [0, 0.05) is 45.5 Å². The van der Waals surface area contributed by atoms with Crippen molar-refractivity contribution in [1.29, 1.82) is 5.26 Å². The third-order valence-electron chi connectivity index (χ3n) is 10.2. The molecular formula is C40H48IN9O9. The number of rotatable bonds is 20. The van der Waals surface area contributed by atoms with Gasteiger partial charge < -0.3 is 43.6 Å². The quantitative estimate of drug-likeness (QED) is 0.0326. The van der Waals surface area contributed by atoms with E-state index in [0.717, 1.165) is 11.1 Å². The number of carbonyl (C=O) groups excluding carboxylic acids is 3. The van der Waals surface area contributed by atoms with Gasteiger partial charge in [-0.15, -0.1) is 5.10 Å². The number of ether oxygens (including phenoxy) is 5. The van der Waals surface area contributed by atoms with Crippen molar-refractivity contribution in [2.24, 2.45) is 0 Å². The number of aromatic nitrogens is 5. The highest BCUT2D eigenvalue weighted by atomic mass is 127. The number of ketones is 1. The molecule has 2 N–H and O–H groups in total. The van der Waals surface area contributed by atoms with Crippen LogP contribution in [0.15, 0.2) is 54.6 Å². The highest BCUT2D eigenvalue weighted by Gasteiger charge is 2.33. The minimum atomic E-state index is -0.721. The number of aliphatic hydroxyl groups is 1. The molecule has 0 radical (unpaired) electrons. The van der Waals surface area contributed by atoms with Crippen LogP contribution in [0.3, 0.4) is 0 Å². The van der Waals surface area contributed by atoms with Gasteiger partial charge in [0.15, 0.2) is 5.82 Å². The molecule has 1 aromatic carbocycles. The fraction of sp³-hybridized carbons (Fsp3) is 0.475. The summed E-state index contributed by atoms with van der Waals surface area (Å²) in [4.78, 5) is 57.9. The number of benzene rings is 1. The van der Waals surface area contributed by atoms with Crippen LogP contribution < -0.4 is 4.74 Å². The number of piperidine rings is 1. The number of methoxy groups -OCH3 is 1. The van der Waals surface area contributed by atoms with Gasteiger partial charge >= 0.3 is 0 Å². The SMILES string of the molecule is COc1cnc(-n2cnc(C(=O)N3CCN(CCOCCOCCOCCOCI)C(CO)C3)n2)c2[nH]cc(C(=O)C(=O)N3CCC(=C(C#N)c4ccccc4)CC3)c12. The average molecular weight is 926 g/mol. The molecule has 2 saturated heterocycles. The van der Waals surface area contributed by atoms with Crippen LogP contribution in [-0.2, 0) is 23.7 Å². The minimum Gasteiger partial charge on any atom is -0.494 e. The number of allylic oxidation sites excluding steroid dienone is 1. The monoisotopic (exact) mass is 925 g/mol. The number of aliphatic hydroxyl groups excluding tert-OH is 1. The summed E-state index contributed by atoms with van der Waals surface area (Å²) in [5, 5.41) is 24.8. The summed E-state index contributed by atoms with van der Waals surface area (Å²) in [7, 11) is 1.44. The highest BCUT2D eigenvalue weighted by Crippen LogP contribution is 2.33. The Bertz CT molecular complexity index is 2110. The van der Waals surface area contributed by atoms with Crippen molar-refractivity contribution in [2.75, 3.05) is 104 Å². The van der Waals surface area contributed by atoms with E-state index < -0.39 is 17.6 Å². The van der Waals surface area contributed by atoms with E-state index in [9.17, 15) is 24.8 Å². The zero-order chi connectivity index (χ0) is 41.6. The van der Waals surface area contributed by atoms with Crippen LogP contribution in [0.4, 0.5) is 0 Å². The zero-order valence-corrected chi connectivity index (χ0v) is 35.0. The number of nitriles is 1. The van der Waals surface area contributed by atoms with Crippen LogP contribution in [0.25, 0.3) is 22.3 Å². The first-order valence-corrected chi connectivity index (χ1v) is 20.9. The molecule has 0 bridgehead atoms. The number of piperazine rings is 1. The Hall–Kier alpha value is -4.82. The van der Waals surface area contributed by atoms with Crippen molar-refractivity contribution in [1.82, 2.24) is 39.4 Å². The molecule has 1 atom stereocenters. The fourth-order valence-electron chi connectivity index (χ4n) is 7.10. The normalized spacial score (nSPS) is 16.0. The van der Waals surface area contributed by atoms with Gasteiger partial charge in [-0.3, -0.25) is 19.3 Å². The molecule has 19 heteroatoms. The van der Waals surface area contributed by atoms with E-state index in [-0.39, 0.29) is 42.1 Å². The summed E-state index contributed by atoms with van der Waals surface area (Å²) in [6.45, 7) is 5.62. The molecule has 59 heavy (non-hydrogen) atoms. The molecule has 1 unspecified atom stereocenters. The van der Waals surface area contributed by atoms with Gasteiger partial charge in [-0.25, -0.2) is 9.97 Å². The number of likely N-dealkylation sites (tertiary alicyclic amines) is 1.